The van der Waals surface area contributed by atoms with Gasteiger partial charge in [0.05, 0.1) is 0 Å². The van der Waals surface area contributed by atoms with Crippen LogP contribution in [0.25, 0.3) is 5.65 Å². The van der Waals surface area contributed by atoms with E-state index in [9.17, 15) is 0 Å². The maximum atomic E-state index is 4.41. The Morgan fingerprint density at radius 2 is 2.11 bits per heavy atom. The Morgan fingerprint density at radius 3 is 2.94 bits per heavy atom. The van der Waals surface area contributed by atoms with Crippen molar-refractivity contribution < 1.29 is 0 Å². The number of hydrogen-bond donors (Lipinski definition) is 1. The zero-order valence-corrected chi connectivity index (χ0v) is 10.9. The van der Waals surface area contributed by atoms with Crippen molar-refractivity contribution >= 4 is 11.5 Å². The van der Waals surface area contributed by atoms with E-state index in [2.05, 4.69) is 27.4 Å². The Hall–Kier alpha value is -1.65. The first kappa shape index (κ1) is 11.4. The number of fused-ring (bicyclic) bond motifs is 1. The zero-order chi connectivity index (χ0) is 12.5. The SMILES string of the molecule is Cc1nnc2c(NC3CCCCC3C)nccn12. The number of anilines is 1. The van der Waals surface area contributed by atoms with Crippen LogP contribution in [0.1, 0.15) is 38.4 Å². The average molecular weight is 245 g/mol. The van der Waals surface area contributed by atoms with E-state index in [4.69, 9.17) is 0 Å². The lowest BCUT2D eigenvalue weighted by molar-refractivity contribution is 0.349. The highest BCUT2D eigenvalue weighted by Gasteiger charge is 2.22. The van der Waals surface area contributed by atoms with Crippen molar-refractivity contribution in [1.82, 2.24) is 19.6 Å². The minimum atomic E-state index is 0.509. The normalized spacial score (nSPS) is 24.3. The quantitative estimate of drug-likeness (QED) is 0.882. The van der Waals surface area contributed by atoms with Crippen LogP contribution in [-0.2, 0) is 0 Å². The fourth-order valence-electron chi connectivity index (χ4n) is 2.75. The van der Waals surface area contributed by atoms with Crippen LogP contribution in [0.4, 0.5) is 5.82 Å². The molecule has 5 heteroatoms. The van der Waals surface area contributed by atoms with Gasteiger partial charge in [0, 0.05) is 18.4 Å². The predicted molar refractivity (Wildman–Crippen MR) is 70.6 cm³/mol. The molecule has 2 unspecified atom stereocenters. The van der Waals surface area contributed by atoms with Crippen LogP contribution in [0.15, 0.2) is 12.4 Å². The summed E-state index contributed by atoms with van der Waals surface area (Å²) in [6.45, 7) is 4.26. The van der Waals surface area contributed by atoms with Crippen molar-refractivity contribution in [2.45, 2.75) is 45.6 Å². The molecule has 0 saturated heterocycles. The maximum absolute atomic E-state index is 4.41. The first-order valence-corrected chi connectivity index (χ1v) is 6.68. The molecule has 1 aliphatic carbocycles. The van der Waals surface area contributed by atoms with E-state index < -0.39 is 0 Å². The second-order valence-electron chi connectivity index (χ2n) is 5.23. The molecule has 96 valence electrons. The summed E-state index contributed by atoms with van der Waals surface area (Å²) in [5.74, 6) is 2.45. The van der Waals surface area contributed by atoms with Gasteiger partial charge in [-0.05, 0) is 25.7 Å². The molecule has 2 aromatic heterocycles. The summed E-state index contributed by atoms with van der Waals surface area (Å²) >= 11 is 0. The summed E-state index contributed by atoms with van der Waals surface area (Å²) in [6, 6.07) is 0.509. The van der Waals surface area contributed by atoms with Crippen LogP contribution >= 0.6 is 0 Å². The Bertz CT molecular complexity index is 547. The van der Waals surface area contributed by atoms with E-state index in [1.165, 1.54) is 25.7 Å². The van der Waals surface area contributed by atoms with Gasteiger partial charge in [0.15, 0.2) is 5.82 Å². The van der Waals surface area contributed by atoms with Crippen molar-refractivity contribution in [2.24, 2.45) is 5.92 Å². The molecular weight excluding hydrogens is 226 g/mol. The molecule has 3 rings (SSSR count). The Kier molecular flexibility index (Phi) is 2.89. The van der Waals surface area contributed by atoms with Gasteiger partial charge in [0.2, 0.25) is 5.65 Å². The molecule has 2 heterocycles. The molecule has 18 heavy (non-hydrogen) atoms. The van der Waals surface area contributed by atoms with Crippen molar-refractivity contribution in [3.63, 3.8) is 0 Å². The summed E-state index contributed by atoms with van der Waals surface area (Å²) in [7, 11) is 0. The average Bonchev–Trinajstić information content (AvgIpc) is 2.76. The first-order valence-electron chi connectivity index (χ1n) is 6.68. The molecule has 5 nitrogen and oxygen atoms in total. The highest BCUT2D eigenvalue weighted by Crippen LogP contribution is 2.27. The van der Waals surface area contributed by atoms with E-state index >= 15 is 0 Å². The van der Waals surface area contributed by atoms with Crippen molar-refractivity contribution in [1.29, 1.82) is 0 Å². The van der Waals surface area contributed by atoms with E-state index in [1.807, 2.05) is 17.5 Å². The van der Waals surface area contributed by atoms with Gasteiger partial charge in [-0.3, -0.25) is 4.40 Å². The smallest absolute Gasteiger partial charge is 0.203 e. The maximum Gasteiger partial charge on any atom is 0.203 e. The Labute approximate surface area is 107 Å². The topological polar surface area (TPSA) is 55.1 Å². The summed E-state index contributed by atoms with van der Waals surface area (Å²) in [5.41, 5.74) is 0.827. The van der Waals surface area contributed by atoms with E-state index in [0.717, 1.165) is 17.3 Å². The van der Waals surface area contributed by atoms with Gasteiger partial charge in [0.25, 0.3) is 0 Å². The molecule has 1 N–H and O–H groups in total. The molecule has 1 aliphatic rings. The fraction of sp³-hybridized carbons (Fsp3) is 0.615. The highest BCUT2D eigenvalue weighted by molar-refractivity contribution is 5.62. The summed E-state index contributed by atoms with van der Waals surface area (Å²) in [6.07, 6.45) is 8.88. The second kappa shape index (κ2) is 4.55. The minimum absolute atomic E-state index is 0.509. The van der Waals surface area contributed by atoms with Gasteiger partial charge in [0.1, 0.15) is 5.82 Å². The van der Waals surface area contributed by atoms with Crippen molar-refractivity contribution in [2.75, 3.05) is 5.32 Å². The summed E-state index contributed by atoms with van der Waals surface area (Å²) in [5, 5.41) is 11.9. The fourth-order valence-corrected chi connectivity index (χ4v) is 2.75. The summed E-state index contributed by atoms with van der Waals surface area (Å²) < 4.78 is 1.98. The lowest BCUT2D eigenvalue weighted by Gasteiger charge is -2.29. The second-order valence-corrected chi connectivity index (χ2v) is 5.23. The van der Waals surface area contributed by atoms with Gasteiger partial charge in [-0.25, -0.2) is 4.98 Å². The van der Waals surface area contributed by atoms with Crippen molar-refractivity contribution in [3.8, 4) is 0 Å². The van der Waals surface area contributed by atoms with E-state index in [-0.39, 0.29) is 0 Å². The monoisotopic (exact) mass is 245 g/mol. The van der Waals surface area contributed by atoms with E-state index in [0.29, 0.717) is 12.0 Å². The van der Waals surface area contributed by atoms with Crippen LogP contribution in [0.2, 0.25) is 0 Å². The summed E-state index contributed by atoms with van der Waals surface area (Å²) in [4.78, 5) is 4.41. The molecule has 0 aromatic carbocycles. The van der Waals surface area contributed by atoms with Gasteiger partial charge in [-0.15, -0.1) is 10.2 Å². The van der Waals surface area contributed by atoms with Crippen LogP contribution in [0, 0.1) is 12.8 Å². The number of nitrogens with one attached hydrogen (secondary N) is 1. The van der Waals surface area contributed by atoms with Crippen LogP contribution < -0.4 is 5.32 Å². The molecule has 0 bridgehead atoms. The molecule has 0 amide bonds. The van der Waals surface area contributed by atoms with Crippen LogP contribution in [0.3, 0.4) is 0 Å². The number of nitrogens with zero attached hydrogens (tertiary/aromatic N) is 4. The van der Waals surface area contributed by atoms with Gasteiger partial charge < -0.3 is 5.32 Å². The molecule has 0 aliphatic heterocycles. The Morgan fingerprint density at radius 1 is 1.28 bits per heavy atom. The molecule has 1 saturated carbocycles. The van der Waals surface area contributed by atoms with Gasteiger partial charge in [-0.1, -0.05) is 19.8 Å². The molecular formula is C13H19N5. The predicted octanol–water partition coefficient (Wildman–Crippen LogP) is 2.42. The zero-order valence-electron chi connectivity index (χ0n) is 10.9. The molecule has 2 atom stereocenters. The van der Waals surface area contributed by atoms with E-state index in [1.54, 1.807) is 6.20 Å². The highest BCUT2D eigenvalue weighted by atomic mass is 15.3. The Balaban J connectivity index is 1.90. The van der Waals surface area contributed by atoms with Crippen LogP contribution in [-0.4, -0.2) is 25.6 Å². The molecule has 0 radical (unpaired) electrons. The lowest BCUT2D eigenvalue weighted by atomic mass is 9.86. The molecule has 1 fully saturated rings. The number of hydrogen-bond acceptors (Lipinski definition) is 4. The van der Waals surface area contributed by atoms with Crippen LogP contribution in [0.5, 0.6) is 0 Å². The van der Waals surface area contributed by atoms with Crippen molar-refractivity contribution in [3.05, 3.63) is 18.2 Å². The third-order valence-electron chi connectivity index (χ3n) is 3.93. The number of rotatable bonds is 2. The van der Waals surface area contributed by atoms with Gasteiger partial charge >= 0.3 is 0 Å². The minimum Gasteiger partial charge on any atom is -0.364 e. The number of aromatic nitrogens is 4. The third-order valence-corrected chi connectivity index (χ3v) is 3.93. The van der Waals surface area contributed by atoms with Gasteiger partial charge in [-0.2, -0.15) is 0 Å². The standard InChI is InChI=1S/C13H19N5/c1-9-5-3-4-6-11(9)15-12-13-17-16-10(2)18(13)8-7-14-12/h7-9,11H,3-6H2,1-2H3,(H,14,15). The first-order chi connectivity index (χ1) is 8.75. The third kappa shape index (κ3) is 1.94. The number of aryl methyl sites for hydroxylation is 1. The molecule has 2 aromatic rings. The molecule has 0 spiro atoms. The largest absolute Gasteiger partial charge is 0.364 e. The lowest BCUT2D eigenvalue weighted by Crippen LogP contribution is -2.30.